The summed E-state index contributed by atoms with van der Waals surface area (Å²) in [4.78, 5) is 39.1. The summed E-state index contributed by atoms with van der Waals surface area (Å²) in [6.45, 7) is 1.48. The first-order valence-corrected chi connectivity index (χ1v) is 9.60. The van der Waals surface area contributed by atoms with E-state index in [1.807, 2.05) is 13.0 Å². The van der Waals surface area contributed by atoms with E-state index in [4.69, 9.17) is 5.26 Å². The van der Waals surface area contributed by atoms with Crippen molar-refractivity contribution in [2.75, 3.05) is 11.9 Å². The highest BCUT2D eigenvalue weighted by Crippen LogP contribution is 2.34. The Morgan fingerprint density at radius 1 is 1.23 bits per heavy atom. The van der Waals surface area contributed by atoms with Gasteiger partial charge >= 0.3 is 6.03 Å². The predicted octanol–water partition coefficient (Wildman–Crippen LogP) is 3.27. The Labute approximate surface area is 173 Å². The zero-order chi connectivity index (χ0) is 21.7. The molecule has 1 fully saturated rings. The van der Waals surface area contributed by atoms with E-state index in [-0.39, 0.29) is 0 Å². The largest absolute Gasteiger partial charge is 0.325 e. The Morgan fingerprint density at radius 2 is 1.97 bits per heavy atom. The molecular formula is C22H21FN4O3. The van der Waals surface area contributed by atoms with Gasteiger partial charge in [0.2, 0.25) is 5.91 Å². The lowest BCUT2D eigenvalue weighted by atomic mass is 9.85. The van der Waals surface area contributed by atoms with Crippen molar-refractivity contribution >= 4 is 23.5 Å². The molecule has 0 saturated carbocycles. The Bertz CT molecular complexity index is 1020. The van der Waals surface area contributed by atoms with Crippen molar-refractivity contribution in [2.24, 2.45) is 0 Å². The number of nitriles is 1. The molecule has 2 N–H and O–H groups in total. The number of carbonyl (C=O) groups excluding carboxylic acids is 3. The van der Waals surface area contributed by atoms with Gasteiger partial charge in [0.15, 0.2) is 0 Å². The summed E-state index contributed by atoms with van der Waals surface area (Å²) >= 11 is 0. The Balaban J connectivity index is 1.81. The molecule has 7 nitrogen and oxygen atoms in total. The Morgan fingerprint density at radius 3 is 2.63 bits per heavy atom. The average Bonchev–Trinajstić information content (AvgIpc) is 2.98. The van der Waals surface area contributed by atoms with Crippen LogP contribution in [0.3, 0.4) is 0 Å². The molecule has 2 aromatic carbocycles. The van der Waals surface area contributed by atoms with Gasteiger partial charge in [-0.1, -0.05) is 38.0 Å². The molecule has 1 aliphatic heterocycles. The van der Waals surface area contributed by atoms with E-state index in [9.17, 15) is 18.8 Å². The van der Waals surface area contributed by atoms with Gasteiger partial charge in [0.25, 0.3) is 5.91 Å². The number of benzene rings is 2. The molecule has 0 bridgehead atoms. The van der Waals surface area contributed by atoms with Gasteiger partial charge in [-0.05, 0) is 42.3 Å². The maximum Gasteiger partial charge on any atom is 0.325 e. The molecule has 1 atom stereocenters. The fourth-order valence-corrected chi connectivity index (χ4v) is 3.47. The average molecular weight is 408 g/mol. The minimum absolute atomic E-state index is 0.335. The molecule has 154 valence electrons. The zero-order valence-corrected chi connectivity index (χ0v) is 16.4. The second kappa shape index (κ2) is 8.74. The lowest BCUT2D eigenvalue weighted by Gasteiger charge is -2.27. The summed E-state index contributed by atoms with van der Waals surface area (Å²) in [7, 11) is 0. The van der Waals surface area contributed by atoms with Crippen LogP contribution >= 0.6 is 0 Å². The number of nitrogens with one attached hydrogen (secondary N) is 2. The third-order valence-corrected chi connectivity index (χ3v) is 5.00. The van der Waals surface area contributed by atoms with E-state index in [0.717, 1.165) is 11.3 Å². The molecule has 0 spiro atoms. The van der Waals surface area contributed by atoms with Crippen molar-refractivity contribution in [3.8, 4) is 6.07 Å². The molecule has 4 amide bonds. The number of imide groups is 1. The third kappa shape index (κ3) is 4.15. The molecular weight excluding hydrogens is 387 g/mol. The van der Waals surface area contributed by atoms with E-state index in [1.54, 1.807) is 18.2 Å². The summed E-state index contributed by atoms with van der Waals surface area (Å²) in [5.41, 5.74) is -0.0955. The van der Waals surface area contributed by atoms with Crippen molar-refractivity contribution in [1.29, 1.82) is 5.26 Å². The van der Waals surface area contributed by atoms with E-state index < -0.39 is 35.7 Å². The molecule has 8 heteroatoms. The van der Waals surface area contributed by atoms with Gasteiger partial charge in [-0.15, -0.1) is 0 Å². The number of unbranched alkanes of at least 4 members (excludes halogenated alkanes) is 1. The minimum Gasteiger partial charge on any atom is -0.324 e. The van der Waals surface area contributed by atoms with Crippen LogP contribution in [0.2, 0.25) is 0 Å². The smallest absolute Gasteiger partial charge is 0.324 e. The van der Waals surface area contributed by atoms with Crippen molar-refractivity contribution < 1.29 is 18.8 Å². The first-order chi connectivity index (χ1) is 14.4. The molecule has 1 saturated heterocycles. The maximum atomic E-state index is 13.4. The van der Waals surface area contributed by atoms with Gasteiger partial charge in [0.05, 0.1) is 11.6 Å². The quantitative estimate of drug-likeness (QED) is 0.687. The summed E-state index contributed by atoms with van der Waals surface area (Å²) in [6.07, 6.45) is 1.79. The number of hydrogen-bond acceptors (Lipinski definition) is 4. The molecule has 1 aliphatic rings. The van der Waals surface area contributed by atoms with Crippen LogP contribution in [0.25, 0.3) is 0 Å². The standard InChI is InChI=1S/C22H21FN4O3/c1-2-3-11-22(16-7-9-17(23)10-8-16)20(29)27(21(30)26-22)14-19(28)25-18-6-4-5-15(12-18)13-24/h4-10,12H,2-3,11,14H2,1H3,(H,25,28)(H,26,30). The first-order valence-electron chi connectivity index (χ1n) is 9.60. The number of carbonyl (C=O) groups is 3. The van der Waals surface area contributed by atoms with Gasteiger partial charge < -0.3 is 10.6 Å². The maximum absolute atomic E-state index is 13.4. The van der Waals surface area contributed by atoms with Gasteiger partial charge in [-0.2, -0.15) is 5.26 Å². The number of amides is 4. The molecule has 3 rings (SSSR count). The Hall–Kier alpha value is -3.73. The highest BCUT2D eigenvalue weighted by Gasteiger charge is 2.52. The molecule has 0 aliphatic carbocycles. The van der Waals surface area contributed by atoms with E-state index >= 15 is 0 Å². The summed E-state index contributed by atoms with van der Waals surface area (Å²) in [5.74, 6) is -1.57. The second-order valence-electron chi connectivity index (χ2n) is 7.08. The summed E-state index contributed by atoms with van der Waals surface area (Å²) < 4.78 is 13.4. The van der Waals surface area contributed by atoms with Crippen molar-refractivity contribution in [3.63, 3.8) is 0 Å². The summed E-state index contributed by atoms with van der Waals surface area (Å²) in [6, 6.07) is 13.0. The van der Waals surface area contributed by atoms with Crippen LogP contribution in [-0.2, 0) is 15.1 Å². The summed E-state index contributed by atoms with van der Waals surface area (Å²) in [5, 5.41) is 14.3. The normalized spacial score (nSPS) is 18.1. The number of nitrogens with zero attached hydrogens (tertiary/aromatic N) is 2. The van der Waals surface area contributed by atoms with Crippen LogP contribution in [0.1, 0.15) is 37.3 Å². The lowest BCUT2D eigenvalue weighted by molar-refractivity contribution is -0.134. The molecule has 2 aromatic rings. The molecule has 1 unspecified atom stereocenters. The first kappa shape index (κ1) is 21.0. The molecule has 30 heavy (non-hydrogen) atoms. The predicted molar refractivity (Wildman–Crippen MR) is 108 cm³/mol. The van der Waals surface area contributed by atoms with Gasteiger partial charge in [0.1, 0.15) is 17.9 Å². The van der Waals surface area contributed by atoms with E-state index in [0.29, 0.717) is 29.7 Å². The number of urea groups is 1. The number of halogens is 1. The van der Waals surface area contributed by atoms with Crippen LogP contribution in [0.5, 0.6) is 0 Å². The van der Waals surface area contributed by atoms with Crippen LogP contribution in [0.4, 0.5) is 14.9 Å². The number of anilines is 1. The van der Waals surface area contributed by atoms with Gasteiger partial charge in [0, 0.05) is 5.69 Å². The van der Waals surface area contributed by atoms with Crippen molar-refractivity contribution in [2.45, 2.75) is 31.7 Å². The molecule has 0 radical (unpaired) electrons. The highest BCUT2D eigenvalue weighted by atomic mass is 19.1. The number of hydrogen-bond donors (Lipinski definition) is 2. The van der Waals surface area contributed by atoms with Crippen LogP contribution in [0.15, 0.2) is 48.5 Å². The fraction of sp³-hybridized carbons (Fsp3) is 0.273. The molecule has 1 heterocycles. The zero-order valence-electron chi connectivity index (χ0n) is 16.4. The minimum atomic E-state index is -1.33. The van der Waals surface area contributed by atoms with Crippen molar-refractivity contribution in [1.82, 2.24) is 10.2 Å². The van der Waals surface area contributed by atoms with E-state index in [1.165, 1.54) is 30.3 Å². The lowest BCUT2D eigenvalue weighted by Crippen LogP contribution is -2.44. The second-order valence-corrected chi connectivity index (χ2v) is 7.08. The van der Waals surface area contributed by atoms with Crippen LogP contribution in [0, 0.1) is 17.1 Å². The highest BCUT2D eigenvalue weighted by molar-refractivity contribution is 6.10. The Kier molecular flexibility index (Phi) is 6.11. The van der Waals surface area contributed by atoms with Crippen molar-refractivity contribution in [3.05, 3.63) is 65.5 Å². The monoisotopic (exact) mass is 408 g/mol. The number of rotatable bonds is 7. The fourth-order valence-electron chi connectivity index (χ4n) is 3.47. The van der Waals surface area contributed by atoms with Gasteiger partial charge in [-0.3, -0.25) is 14.5 Å². The van der Waals surface area contributed by atoms with Gasteiger partial charge in [-0.25, -0.2) is 9.18 Å². The van der Waals surface area contributed by atoms with Crippen LogP contribution < -0.4 is 10.6 Å². The van der Waals surface area contributed by atoms with E-state index in [2.05, 4.69) is 10.6 Å². The topological polar surface area (TPSA) is 102 Å². The molecule has 0 aromatic heterocycles. The van der Waals surface area contributed by atoms with Crippen LogP contribution in [-0.4, -0.2) is 29.3 Å². The SMILES string of the molecule is CCCCC1(c2ccc(F)cc2)NC(=O)N(CC(=O)Nc2cccc(C#N)c2)C1=O. The third-order valence-electron chi connectivity index (χ3n) is 5.00.